The Morgan fingerprint density at radius 3 is 2.55 bits per heavy atom. The van der Waals surface area contributed by atoms with Crippen molar-refractivity contribution in [1.29, 1.82) is 0 Å². The first-order chi connectivity index (χ1) is 10.5. The lowest BCUT2D eigenvalue weighted by Gasteiger charge is -2.07. The smallest absolute Gasteiger partial charge is 0.165 e. The predicted molar refractivity (Wildman–Crippen MR) is 85.3 cm³/mol. The molecule has 0 unspecified atom stereocenters. The van der Waals surface area contributed by atoms with Gasteiger partial charge in [0.15, 0.2) is 0 Å². The molecule has 0 saturated heterocycles. The summed E-state index contributed by atoms with van der Waals surface area (Å²) >= 11 is 0. The van der Waals surface area contributed by atoms with Gasteiger partial charge in [0.05, 0.1) is 0 Å². The van der Waals surface area contributed by atoms with E-state index in [0.717, 1.165) is 29.7 Å². The quantitative estimate of drug-likeness (QED) is 0.483. The third kappa shape index (κ3) is 4.14. The van der Waals surface area contributed by atoms with Crippen LogP contribution in [0.3, 0.4) is 0 Å². The Hall–Kier alpha value is -2.21. The summed E-state index contributed by atoms with van der Waals surface area (Å²) in [5.41, 5.74) is -0.254. The highest BCUT2D eigenvalue weighted by molar-refractivity contribution is 5.91. The van der Waals surface area contributed by atoms with Gasteiger partial charge in [0.2, 0.25) is 0 Å². The van der Waals surface area contributed by atoms with Crippen molar-refractivity contribution in [3.8, 4) is 11.8 Å². The Morgan fingerprint density at radius 1 is 1.09 bits per heavy atom. The number of rotatable bonds is 3. The van der Waals surface area contributed by atoms with E-state index >= 15 is 0 Å². The van der Waals surface area contributed by atoms with E-state index in [4.69, 9.17) is 0 Å². The zero-order chi connectivity index (χ0) is 16.0. The third-order valence-corrected chi connectivity index (χ3v) is 3.31. The Balaban J connectivity index is 2.45. The molecular weight excluding hydrogens is 285 g/mol. The minimum absolute atomic E-state index is 0.486. The fraction of sp³-hybridized carbons (Fsp3) is 0.263. The molecular formula is C19H17F3. The van der Waals surface area contributed by atoms with Crippen LogP contribution in [0, 0.1) is 11.8 Å². The molecule has 2 rings (SSSR count). The molecule has 0 spiro atoms. The number of halogens is 3. The largest absolute Gasteiger partial charge is 0.424 e. The van der Waals surface area contributed by atoms with Gasteiger partial charge in [-0.25, -0.2) is 0 Å². The molecule has 0 aliphatic carbocycles. The number of benzene rings is 2. The number of unbranched alkanes of at least 4 members (excludes halogenated alkanes) is 2. The fourth-order valence-corrected chi connectivity index (χ4v) is 2.14. The van der Waals surface area contributed by atoms with E-state index in [-0.39, 0.29) is 0 Å². The van der Waals surface area contributed by atoms with Gasteiger partial charge in [-0.2, -0.15) is 13.2 Å². The lowest BCUT2D eigenvalue weighted by Crippen LogP contribution is -2.10. The minimum Gasteiger partial charge on any atom is -0.165 e. The summed E-state index contributed by atoms with van der Waals surface area (Å²) in [4.78, 5) is 0. The van der Waals surface area contributed by atoms with Crippen LogP contribution in [0.25, 0.3) is 16.8 Å². The Kier molecular flexibility index (Phi) is 5.27. The second-order valence-electron chi connectivity index (χ2n) is 5.03. The van der Waals surface area contributed by atoms with E-state index in [1.54, 1.807) is 12.1 Å². The zero-order valence-corrected chi connectivity index (χ0v) is 12.4. The van der Waals surface area contributed by atoms with Crippen molar-refractivity contribution in [2.75, 3.05) is 0 Å². The summed E-state index contributed by atoms with van der Waals surface area (Å²) in [6, 6.07) is 12.7. The molecule has 0 bridgehead atoms. The fourth-order valence-electron chi connectivity index (χ4n) is 2.14. The average Bonchev–Trinajstić information content (AvgIpc) is 2.49. The van der Waals surface area contributed by atoms with Crippen molar-refractivity contribution in [2.45, 2.75) is 32.4 Å². The van der Waals surface area contributed by atoms with Crippen LogP contribution in [0.5, 0.6) is 0 Å². The molecule has 0 aliphatic heterocycles. The first-order valence-electron chi connectivity index (χ1n) is 7.28. The Bertz CT molecular complexity index is 722. The number of allylic oxidation sites excluding steroid dienone is 1. The molecule has 0 nitrogen and oxygen atoms in total. The van der Waals surface area contributed by atoms with E-state index in [9.17, 15) is 13.2 Å². The van der Waals surface area contributed by atoms with Crippen molar-refractivity contribution in [1.82, 2.24) is 0 Å². The van der Waals surface area contributed by atoms with Gasteiger partial charge < -0.3 is 0 Å². The zero-order valence-electron chi connectivity index (χ0n) is 12.4. The minimum atomic E-state index is -4.43. The van der Waals surface area contributed by atoms with Gasteiger partial charge in [-0.1, -0.05) is 67.6 Å². The highest BCUT2D eigenvalue weighted by atomic mass is 19.4. The summed E-state index contributed by atoms with van der Waals surface area (Å²) in [7, 11) is 0. The van der Waals surface area contributed by atoms with Crippen LogP contribution < -0.4 is 0 Å². The molecule has 2 aromatic carbocycles. The van der Waals surface area contributed by atoms with Crippen molar-refractivity contribution in [3.05, 3.63) is 53.6 Å². The van der Waals surface area contributed by atoms with Gasteiger partial charge in [0.25, 0.3) is 0 Å². The maximum absolute atomic E-state index is 13.1. The van der Waals surface area contributed by atoms with Gasteiger partial charge in [-0.05, 0) is 28.8 Å². The van der Waals surface area contributed by atoms with Crippen molar-refractivity contribution in [2.24, 2.45) is 0 Å². The third-order valence-electron chi connectivity index (χ3n) is 3.31. The molecule has 0 saturated carbocycles. The van der Waals surface area contributed by atoms with Gasteiger partial charge in [0.1, 0.15) is 5.57 Å². The van der Waals surface area contributed by atoms with Crippen LogP contribution in [0.2, 0.25) is 0 Å². The number of hydrogen-bond acceptors (Lipinski definition) is 0. The number of hydrogen-bond donors (Lipinski definition) is 0. The summed E-state index contributed by atoms with van der Waals surface area (Å²) in [6.45, 7) is 1.98. The second kappa shape index (κ2) is 7.17. The van der Waals surface area contributed by atoms with Crippen LogP contribution >= 0.6 is 0 Å². The van der Waals surface area contributed by atoms with Gasteiger partial charge in [0, 0.05) is 6.42 Å². The van der Waals surface area contributed by atoms with Gasteiger partial charge in [-0.3, -0.25) is 0 Å². The maximum atomic E-state index is 13.1. The standard InChI is InChI=1S/C19H17F3/c1-2-3-4-5-12-17(19(20,21)22)14-16-11-8-10-15-9-6-7-13-18(15)16/h6-11,13-14H,2-4H2,1H3/b17-14+. The molecule has 0 N–H and O–H groups in total. The Labute approximate surface area is 128 Å². The van der Waals surface area contributed by atoms with Crippen molar-refractivity contribution < 1.29 is 13.2 Å². The molecule has 0 heterocycles. The monoisotopic (exact) mass is 302 g/mol. The first kappa shape index (κ1) is 16.2. The topological polar surface area (TPSA) is 0 Å². The van der Waals surface area contributed by atoms with Crippen LogP contribution in [-0.2, 0) is 0 Å². The van der Waals surface area contributed by atoms with Gasteiger partial charge >= 0.3 is 6.18 Å². The van der Waals surface area contributed by atoms with Crippen molar-refractivity contribution >= 4 is 16.8 Å². The first-order valence-corrected chi connectivity index (χ1v) is 7.28. The molecule has 0 aromatic heterocycles. The summed E-state index contributed by atoms with van der Waals surface area (Å²) in [6.07, 6.45) is -1.08. The van der Waals surface area contributed by atoms with E-state index in [0.29, 0.717) is 12.0 Å². The number of fused-ring (bicyclic) bond motifs is 1. The molecule has 0 fully saturated rings. The highest BCUT2D eigenvalue weighted by Crippen LogP contribution is 2.29. The SMILES string of the molecule is CCCCC#C/C(=C\c1cccc2ccccc12)C(F)(F)F. The van der Waals surface area contributed by atoms with Crippen LogP contribution in [0.15, 0.2) is 48.0 Å². The predicted octanol–water partition coefficient (Wildman–Crippen LogP) is 5.98. The lowest BCUT2D eigenvalue weighted by atomic mass is 10.0. The summed E-state index contributed by atoms with van der Waals surface area (Å²) < 4.78 is 39.4. The summed E-state index contributed by atoms with van der Waals surface area (Å²) in [5.74, 6) is 4.92. The molecule has 0 radical (unpaired) electrons. The molecule has 0 atom stereocenters. The summed E-state index contributed by atoms with van der Waals surface area (Å²) in [5, 5.41) is 1.71. The van der Waals surface area contributed by atoms with E-state index in [2.05, 4.69) is 11.8 Å². The van der Waals surface area contributed by atoms with Crippen LogP contribution in [0.1, 0.15) is 31.7 Å². The maximum Gasteiger partial charge on any atom is 0.424 e. The molecule has 22 heavy (non-hydrogen) atoms. The lowest BCUT2D eigenvalue weighted by molar-refractivity contribution is -0.0863. The van der Waals surface area contributed by atoms with E-state index in [1.807, 2.05) is 37.3 Å². The average molecular weight is 302 g/mol. The number of alkyl halides is 3. The highest BCUT2D eigenvalue weighted by Gasteiger charge is 2.32. The van der Waals surface area contributed by atoms with Crippen LogP contribution in [0.4, 0.5) is 13.2 Å². The van der Waals surface area contributed by atoms with Crippen molar-refractivity contribution in [3.63, 3.8) is 0 Å². The molecule has 3 heteroatoms. The van der Waals surface area contributed by atoms with E-state index in [1.165, 1.54) is 0 Å². The normalized spacial score (nSPS) is 12.1. The second-order valence-corrected chi connectivity index (χ2v) is 5.03. The molecule has 2 aromatic rings. The van der Waals surface area contributed by atoms with Crippen LogP contribution in [-0.4, -0.2) is 6.18 Å². The molecule has 0 amide bonds. The van der Waals surface area contributed by atoms with E-state index < -0.39 is 11.7 Å². The molecule has 114 valence electrons. The Morgan fingerprint density at radius 2 is 1.82 bits per heavy atom. The molecule has 0 aliphatic rings. The van der Waals surface area contributed by atoms with Gasteiger partial charge in [-0.15, -0.1) is 0 Å².